The van der Waals surface area contributed by atoms with E-state index in [0.29, 0.717) is 6.33 Å². The molecule has 0 bridgehead atoms. The third-order valence-electron chi connectivity index (χ3n) is 2.35. The Morgan fingerprint density at radius 2 is 1.64 bits per heavy atom. The molecule has 0 atom stereocenters. The van der Waals surface area contributed by atoms with Crippen LogP contribution >= 0.6 is 0 Å². The maximum atomic E-state index is 11.5. The summed E-state index contributed by atoms with van der Waals surface area (Å²) in [5, 5.41) is 0. The molecular weight excluding hydrogens is 177 g/mol. The van der Waals surface area contributed by atoms with Crippen LogP contribution in [0.25, 0.3) is 0 Å². The normalized spacial score (nSPS) is 20.4. The Balaban J connectivity index is 2.12. The van der Waals surface area contributed by atoms with Gasteiger partial charge in [-0.2, -0.15) is 0 Å². The van der Waals surface area contributed by atoms with Crippen molar-refractivity contribution < 1.29 is 4.39 Å². The lowest BCUT2D eigenvalue weighted by Crippen LogP contribution is -2.29. The van der Waals surface area contributed by atoms with Crippen molar-refractivity contribution in [1.82, 2.24) is 4.90 Å². The van der Waals surface area contributed by atoms with Gasteiger partial charge in [0.25, 0.3) is 0 Å². The van der Waals surface area contributed by atoms with Crippen LogP contribution in [0.4, 0.5) is 4.39 Å². The smallest absolute Gasteiger partial charge is 0.0866 e. The Kier molecular flexibility index (Phi) is 6.00. The highest BCUT2D eigenvalue weighted by Gasteiger charge is 2.06. The fourth-order valence-corrected chi connectivity index (χ4v) is 1.60. The van der Waals surface area contributed by atoms with E-state index >= 15 is 0 Å². The van der Waals surface area contributed by atoms with Crippen molar-refractivity contribution in [2.45, 2.75) is 19.3 Å². The molecule has 0 aromatic rings. The lowest BCUT2D eigenvalue weighted by molar-refractivity contribution is 0.251. The fourth-order valence-electron chi connectivity index (χ4n) is 1.60. The Bertz CT molecular complexity index is 212. The van der Waals surface area contributed by atoms with E-state index in [1.807, 2.05) is 12.2 Å². The van der Waals surface area contributed by atoms with E-state index in [0.717, 1.165) is 6.54 Å². The third kappa shape index (κ3) is 4.97. The lowest BCUT2D eigenvalue weighted by atomic mass is 10.1. The predicted molar refractivity (Wildman–Crippen MR) is 58.8 cm³/mol. The topological polar surface area (TPSA) is 3.24 Å². The van der Waals surface area contributed by atoms with Crippen molar-refractivity contribution in [3.05, 3.63) is 36.7 Å². The van der Waals surface area contributed by atoms with E-state index in [1.165, 1.54) is 38.4 Å². The van der Waals surface area contributed by atoms with Gasteiger partial charge >= 0.3 is 0 Å². The van der Waals surface area contributed by atoms with Gasteiger partial charge in [-0.25, -0.2) is 4.39 Å². The third-order valence-corrected chi connectivity index (χ3v) is 2.35. The molecule has 1 nitrogen and oxygen atoms in total. The molecule has 0 aliphatic carbocycles. The van der Waals surface area contributed by atoms with Gasteiger partial charge in [-0.3, -0.25) is 4.90 Å². The number of likely N-dealkylation sites (tertiary alicyclic amines) is 1. The average molecular weight is 195 g/mol. The highest BCUT2D eigenvalue weighted by molar-refractivity contribution is 5.10. The number of allylic oxidation sites excluding steroid dienone is 4. The van der Waals surface area contributed by atoms with E-state index < -0.39 is 0 Å². The van der Waals surface area contributed by atoms with Gasteiger partial charge in [0.1, 0.15) is 0 Å². The number of hydrogen-bond donors (Lipinski definition) is 0. The van der Waals surface area contributed by atoms with Crippen molar-refractivity contribution >= 4 is 0 Å². The Hall–Kier alpha value is -0.890. The van der Waals surface area contributed by atoms with Gasteiger partial charge in [0.2, 0.25) is 0 Å². The number of halogens is 1. The Labute approximate surface area is 85.6 Å². The molecule has 0 N–H and O–H groups in total. The molecule has 1 heterocycles. The van der Waals surface area contributed by atoms with Gasteiger partial charge in [0.05, 0.1) is 6.33 Å². The zero-order valence-corrected chi connectivity index (χ0v) is 8.53. The van der Waals surface area contributed by atoms with Gasteiger partial charge in [-0.15, -0.1) is 0 Å². The molecule has 78 valence electrons. The van der Waals surface area contributed by atoms with Crippen molar-refractivity contribution in [1.29, 1.82) is 0 Å². The van der Waals surface area contributed by atoms with Crippen molar-refractivity contribution in [2.75, 3.05) is 19.6 Å². The first-order valence-corrected chi connectivity index (χ1v) is 5.24. The van der Waals surface area contributed by atoms with Crippen molar-refractivity contribution in [3.8, 4) is 0 Å². The van der Waals surface area contributed by atoms with Crippen LogP contribution in [0.2, 0.25) is 0 Å². The summed E-state index contributed by atoms with van der Waals surface area (Å²) in [5.74, 6) is 0. The Morgan fingerprint density at radius 1 is 0.929 bits per heavy atom. The van der Waals surface area contributed by atoms with E-state index in [1.54, 1.807) is 6.08 Å². The number of nitrogens with zero attached hydrogens (tertiary/aromatic N) is 1. The lowest BCUT2D eigenvalue weighted by Gasteiger charge is -2.24. The van der Waals surface area contributed by atoms with Gasteiger partial charge in [0, 0.05) is 6.54 Å². The minimum absolute atomic E-state index is 0.537. The molecule has 0 aromatic carbocycles. The van der Waals surface area contributed by atoms with Crippen molar-refractivity contribution in [2.24, 2.45) is 0 Å². The maximum absolute atomic E-state index is 11.5. The molecule has 1 fully saturated rings. The van der Waals surface area contributed by atoms with Crippen molar-refractivity contribution in [3.63, 3.8) is 0 Å². The first kappa shape index (κ1) is 11.2. The highest BCUT2D eigenvalue weighted by atomic mass is 19.1. The predicted octanol–water partition coefficient (Wildman–Crippen LogP) is 3.07. The van der Waals surface area contributed by atoms with Crippen LogP contribution in [0.15, 0.2) is 36.7 Å². The summed E-state index contributed by atoms with van der Waals surface area (Å²) in [4.78, 5) is 2.44. The second-order valence-corrected chi connectivity index (χ2v) is 3.49. The van der Waals surface area contributed by atoms with Gasteiger partial charge in [-0.1, -0.05) is 30.7 Å². The van der Waals surface area contributed by atoms with Crippen LogP contribution in [0.3, 0.4) is 0 Å². The summed E-state index contributed by atoms with van der Waals surface area (Å²) in [6.45, 7) is 3.46. The zero-order valence-electron chi connectivity index (χ0n) is 8.53. The first-order chi connectivity index (χ1) is 6.93. The number of piperidine rings is 1. The molecule has 0 unspecified atom stereocenters. The van der Waals surface area contributed by atoms with Crippen LogP contribution in [-0.4, -0.2) is 24.5 Å². The second kappa shape index (κ2) is 7.51. The van der Waals surface area contributed by atoms with Crippen LogP contribution < -0.4 is 0 Å². The van der Waals surface area contributed by atoms with Gasteiger partial charge in [0.15, 0.2) is 0 Å². The molecule has 1 aliphatic heterocycles. The molecule has 0 radical (unpaired) electrons. The monoisotopic (exact) mass is 195 g/mol. The fraction of sp³-hybridized carbons (Fsp3) is 0.500. The minimum atomic E-state index is 0.537. The second-order valence-electron chi connectivity index (χ2n) is 3.49. The molecule has 0 aromatic heterocycles. The SMILES string of the molecule is F/C=C/C=C\C=C\CN1CCCCC1. The van der Waals surface area contributed by atoms with E-state index in [2.05, 4.69) is 11.0 Å². The highest BCUT2D eigenvalue weighted by Crippen LogP contribution is 2.07. The van der Waals surface area contributed by atoms with Gasteiger partial charge < -0.3 is 0 Å². The number of rotatable bonds is 4. The molecule has 1 aliphatic rings. The average Bonchev–Trinajstić information content (AvgIpc) is 2.25. The van der Waals surface area contributed by atoms with E-state index in [4.69, 9.17) is 0 Å². The molecule has 14 heavy (non-hydrogen) atoms. The Morgan fingerprint density at radius 3 is 2.36 bits per heavy atom. The molecule has 1 saturated heterocycles. The first-order valence-electron chi connectivity index (χ1n) is 5.24. The summed E-state index contributed by atoms with van der Waals surface area (Å²) in [6.07, 6.45) is 13.6. The molecular formula is C12H18FN. The summed E-state index contributed by atoms with van der Waals surface area (Å²) in [6, 6.07) is 0. The van der Waals surface area contributed by atoms with Crippen LogP contribution in [0, 0.1) is 0 Å². The molecule has 0 amide bonds. The van der Waals surface area contributed by atoms with E-state index in [9.17, 15) is 4.39 Å². The van der Waals surface area contributed by atoms with Crippen LogP contribution in [-0.2, 0) is 0 Å². The molecule has 1 rings (SSSR count). The van der Waals surface area contributed by atoms with Gasteiger partial charge in [-0.05, 0) is 32.0 Å². The summed E-state index contributed by atoms with van der Waals surface area (Å²) in [5.41, 5.74) is 0. The maximum Gasteiger partial charge on any atom is 0.0866 e. The standard InChI is InChI=1S/C12H18FN/c13-9-5-2-1-3-6-10-14-11-7-4-8-12-14/h1-3,5-6,9H,4,7-8,10-12H2/b2-1-,6-3+,9-5+. The molecule has 0 saturated carbocycles. The van der Waals surface area contributed by atoms with Crippen LogP contribution in [0.1, 0.15) is 19.3 Å². The van der Waals surface area contributed by atoms with E-state index in [-0.39, 0.29) is 0 Å². The minimum Gasteiger partial charge on any atom is -0.300 e. The quantitative estimate of drug-likeness (QED) is 0.623. The summed E-state index contributed by atoms with van der Waals surface area (Å²) in [7, 11) is 0. The largest absolute Gasteiger partial charge is 0.300 e. The zero-order chi connectivity index (χ0) is 10.1. The summed E-state index contributed by atoms with van der Waals surface area (Å²) >= 11 is 0. The number of hydrogen-bond acceptors (Lipinski definition) is 1. The summed E-state index contributed by atoms with van der Waals surface area (Å²) < 4.78 is 11.5. The molecule has 2 heteroatoms. The molecule has 0 spiro atoms. The van der Waals surface area contributed by atoms with Crippen LogP contribution in [0.5, 0.6) is 0 Å².